The summed E-state index contributed by atoms with van der Waals surface area (Å²) in [5.41, 5.74) is 3.46. The lowest BCUT2D eigenvalue weighted by Crippen LogP contribution is -2.16. The Bertz CT molecular complexity index is 1120. The van der Waals surface area contributed by atoms with E-state index in [1.807, 2.05) is 45.0 Å². The number of carbonyl (C=O) groups excluding carboxylic acids is 2. The van der Waals surface area contributed by atoms with Crippen LogP contribution in [0.1, 0.15) is 65.7 Å². The summed E-state index contributed by atoms with van der Waals surface area (Å²) in [5, 5.41) is 9.15. The van der Waals surface area contributed by atoms with Gasteiger partial charge in [-0.25, -0.2) is 0 Å². The fourth-order valence-electron chi connectivity index (χ4n) is 3.79. The average Bonchev–Trinajstić information content (AvgIpc) is 3.31. The van der Waals surface area contributed by atoms with E-state index in [0.717, 1.165) is 42.2 Å². The molecule has 2 heterocycles. The van der Waals surface area contributed by atoms with E-state index in [2.05, 4.69) is 26.7 Å². The first kappa shape index (κ1) is 23.8. The van der Waals surface area contributed by atoms with Crippen LogP contribution >= 0.6 is 11.8 Å². The Labute approximate surface area is 193 Å². The molecule has 1 N–H and O–H groups in total. The van der Waals surface area contributed by atoms with Crippen molar-refractivity contribution in [2.24, 2.45) is 0 Å². The Morgan fingerprint density at radius 1 is 1.19 bits per heavy atom. The minimum absolute atomic E-state index is 0.0425. The Balaban J connectivity index is 1.89. The molecule has 0 saturated heterocycles. The van der Waals surface area contributed by atoms with E-state index < -0.39 is 0 Å². The van der Waals surface area contributed by atoms with Crippen molar-refractivity contribution >= 4 is 23.3 Å². The van der Waals surface area contributed by atoms with Gasteiger partial charge in [-0.3, -0.25) is 9.59 Å². The fourth-order valence-corrected chi connectivity index (χ4v) is 4.72. The third-order valence-corrected chi connectivity index (χ3v) is 6.57. The van der Waals surface area contributed by atoms with Crippen LogP contribution in [0.25, 0.3) is 11.4 Å². The highest BCUT2D eigenvalue weighted by Crippen LogP contribution is 2.30. The van der Waals surface area contributed by atoms with Crippen LogP contribution in [0.4, 0.5) is 0 Å². The number of aromatic amines is 1. The molecule has 0 spiro atoms. The molecule has 1 aromatic carbocycles. The number of aryl methyl sites for hydroxylation is 1. The lowest BCUT2D eigenvalue weighted by atomic mass is 10.0. The molecule has 2 aromatic heterocycles. The number of carbonyl (C=O) groups is 2. The molecule has 0 bridgehead atoms. The van der Waals surface area contributed by atoms with Crippen LogP contribution in [-0.4, -0.2) is 43.7 Å². The number of ketones is 2. The van der Waals surface area contributed by atoms with Gasteiger partial charge in [-0.05, 0) is 63.9 Å². The summed E-state index contributed by atoms with van der Waals surface area (Å²) < 4.78 is 7.33. The smallest absolute Gasteiger partial charge is 0.192 e. The summed E-state index contributed by atoms with van der Waals surface area (Å²) in [7, 11) is 1.64. The first-order chi connectivity index (χ1) is 15.3. The number of unbranched alkanes of at least 4 members (excludes halogenated alkanes) is 1. The molecule has 3 aromatic rings. The number of hydrogen-bond acceptors (Lipinski definition) is 6. The highest BCUT2D eigenvalue weighted by atomic mass is 32.2. The highest BCUT2D eigenvalue weighted by molar-refractivity contribution is 8.00. The number of benzene rings is 1. The molecule has 32 heavy (non-hydrogen) atoms. The van der Waals surface area contributed by atoms with Crippen LogP contribution < -0.4 is 4.74 Å². The lowest BCUT2D eigenvalue weighted by molar-refractivity contribution is 0.0988. The third kappa shape index (κ3) is 4.80. The SMILES string of the molecule is CCCCn1c(SC(C)C(=O)c2[nH]c(C)c(C(C)=O)c2C)nnc1-c1ccc(OC)cc1. The summed E-state index contributed by atoms with van der Waals surface area (Å²) in [5.74, 6) is 1.45. The summed E-state index contributed by atoms with van der Waals surface area (Å²) in [6, 6.07) is 7.72. The van der Waals surface area contributed by atoms with Crippen LogP contribution in [-0.2, 0) is 6.54 Å². The molecule has 8 heteroatoms. The van der Waals surface area contributed by atoms with Crippen LogP contribution in [0.15, 0.2) is 29.4 Å². The Morgan fingerprint density at radius 2 is 1.88 bits per heavy atom. The molecule has 1 atom stereocenters. The van der Waals surface area contributed by atoms with Gasteiger partial charge in [-0.15, -0.1) is 10.2 Å². The van der Waals surface area contributed by atoms with Crippen molar-refractivity contribution in [1.29, 1.82) is 0 Å². The van der Waals surface area contributed by atoms with Gasteiger partial charge in [-0.1, -0.05) is 25.1 Å². The first-order valence-corrected chi connectivity index (χ1v) is 11.6. The number of rotatable bonds is 10. The fraction of sp³-hybridized carbons (Fsp3) is 0.417. The zero-order valence-corrected chi connectivity index (χ0v) is 20.3. The van der Waals surface area contributed by atoms with Crippen LogP contribution in [0.3, 0.4) is 0 Å². The zero-order valence-electron chi connectivity index (χ0n) is 19.5. The second kappa shape index (κ2) is 10.2. The van der Waals surface area contributed by atoms with E-state index in [9.17, 15) is 9.59 Å². The summed E-state index contributed by atoms with van der Waals surface area (Å²) in [6.45, 7) is 9.92. The van der Waals surface area contributed by atoms with Gasteiger partial charge in [0.15, 0.2) is 22.5 Å². The molecule has 170 valence electrons. The Hall–Kier alpha value is -2.87. The quantitative estimate of drug-likeness (QED) is 0.332. The molecular formula is C24H30N4O3S. The predicted octanol–water partition coefficient (Wildman–Crippen LogP) is 5.26. The molecule has 0 amide bonds. The molecule has 0 fully saturated rings. The monoisotopic (exact) mass is 454 g/mol. The standard InChI is InChI=1S/C24H30N4O3S/c1-7-8-13-28-23(18-9-11-19(31-6)12-10-18)26-27-24(28)32-17(5)22(30)21-14(2)20(16(4)29)15(3)25-21/h9-12,17,25H,7-8,13H2,1-6H3. The lowest BCUT2D eigenvalue weighted by Gasteiger charge is -2.13. The largest absolute Gasteiger partial charge is 0.497 e. The first-order valence-electron chi connectivity index (χ1n) is 10.8. The number of thioether (sulfide) groups is 1. The van der Waals surface area contributed by atoms with Gasteiger partial charge in [0.1, 0.15) is 5.75 Å². The number of hydrogen-bond donors (Lipinski definition) is 1. The minimum Gasteiger partial charge on any atom is -0.497 e. The number of ether oxygens (including phenoxy) is 1. The molecule has 1 unspecified atom stereocenters. The number of nitrogens with one attached hydrogen (secondary N) is 1. The number of methoxy groups -OCH3 is 1. The normalized spacial score (nSPS) is 12.1. The van der Waals surface area contributed by atoms with Crippen LogP contribution in [0.2, 0.25) is 0 Å². The van der Waals surface area contributed by atoms with Crippen molar-refractivity contribution in [3.63, 3.8) is 0 Å². The van der Waals surface area contributed by atoms with Crippen molar-refractivity contribution in [2.75, 3.05) is 7.11 Å². The maximum absolute atomic E-state index is 13.2. The minimum atomic E-state index is -0.389. The van der Waals surface area contributed by atoms with Crippen molar-refractivity contribution < 1.29 is 14.3 Å². The number of aromatic nitrogens is 4. The van der Waals surface area contributed by atoms with E-state index in [-0.39, 0.29) is 16.8 Å². The molecular weight excluding hydrogens is 424 g/mol. The number of nitrogens with zero attached hydrogens (tertiary/aromatic N) is 3. The van der Waals surface area contributed by atoms with Crippen molar-refractivity contribution in [3.05, 3.63) is 46.8 Å². The molecule has 0 saturated carbocycles. The number of Topliss-reactive ketones (excluding diaryl/α,β-unsaturated/α-hetero) is 2. The van der Waals surface area contributed by atoms with E-state index in [1.165, 1.54) is 18.7 Å². The van der Waals surface area contributed by atoms with E-state index in [0.29, 0.717) is 22.0 Å². The van der Waals surface area contributed by atoms with Gasteiger partial charge in [0.25, 0.3) is 0 Å². The van der Waals surface area contributed by atoms with Crippen molar-refractivity contribution in [1.82, 2.24) is 19.7 Å². The zero-order chi connectivity index (χ0) is 23.4. The predicted molar refractivity (Wildman–Crippen MR) is 127 cm³/mol. The van der Waals surface area contributed by atoms with Crippen molar-refractivity contribution in [3.8, 4) is 17.1 Å². The topological polar surface area (TPSA) is 89.9 Å². The van der Waals surface area contributed by atoms with Gasteiger partial charge < -0.3 is 14.3 Å². The van der Waals surface area contributed by atoms with Gasteiger partial charge in [0, 0.05) is 23.4 Å². The van der Waals surface area contributed by atoms with Gasteiger partial charge in [0.2, 0.25) is 0 Å². The molecule has 0 aliphatic rings. The third-order valence-electron chi connectivity index (χ3n) is 5.49. The van der Waals surface area contributed by atoms with Gasteiger partial charge in [0.05, 0.1) is 18.1 Å². The summed E-state index contributed by atoms with van der Waals surface area (Å²) in [4.78, 5) is 28.2. The van der Waals surface area contributed by atoms with Crippen LogP contribution in [0, 0.1) is 13.8 Å². The van der Waals surface area contributed by atoms with Crippen LogP contribution in [0.5, 0.6) is 5.75 Å². The maximum Gasteiger partial charge on any atom is 0.192 e. The average molecular weight is 455 g/mol. The number of H-pyrrole nitrogens is 1. The van der Waals surface area contributed by atoms with E-state index in [4.69, 9.17) is 4.74 Å². The molecule has 7 nitrogen and oxygen atoms in total. The van der Waals surface area contributed by atoms with E-state index in [1.54, 1.807) is 7.11 Å². The van der Waals surface area contributed by atoms with E-state index >= 15 is 0 Å². The Morgan fingerprint density at radius 3 is 2.44 bits per heavy atom. The molecule has 0 aliphatic heterocycles. The highest BCUT2D eigenvalue weighted by Gasteiger charge is 2.26. The molecule has 0 radical (unpaired) electrons. The summed E-state index contributed by atoms with van der Waals surface area (Å²) >= 11 is 1.39. The second-order valence-corrected chi connectivity index (χ2v) is 9.15. The Kier molecular flexibility index (Phi) is 7.56. The molecule has 0 aliphatic carbocycles. The van der Waals surface area contributed by atoms with Gasteiger partial charge in [-0.2, -0.15) is 0 Å². The molecule has 3 rings (SSSR count). The maximum atomic E-state index is 13.2. The summed E-state index contributed by atoms with van der Waals surface area (Å²) in [6.07, 6.45) is 2.02. The van der Waals surface area contributed by atoms with Crippen molar-refractivity contribution in [2.45, 2.75) is 64.4 Å². The van der Waals surface area contributed by atoms with Gasteiger partial charge >= 0.3 is 0 Å². The second-order valence-electron chi connectivity index (χ2n) is 7.85.